The van der Waals surface area contributed by atoms with Gasteiger partial charge in [-0.05, 0) is 71.5 Å². The van der Waals surface area contributed by atoms with Crippen LogP contribution in [0.15, 0.2) is 77.7 Å². The molecule has 0 aliphatic heterocycles. The number of nitrogens with one attached hydrogen (secondary N) is 2. The van der Waals surface area contributed by atoms with E-state index in [1.54, 1.807) is 18.2 Å². The van der Waals surface area contributed by atoms with E-state index in [2.05, 4.69) is 10.0 Å². The van der Waals surface area contributed by atoms with Crippen LogP contribution in [0.3, 0.4) is 0 Å². The number of hydrogen-bond acceptors (Lipinski definition) is 6. The summed E-state index contributed by atoms with van der Waals surface area (Å²) < 4.78 is 28.6. The summed E-state index contributed by atoms with van der Waals surface area (Å²) in [4.78, 5) is 13.3. The van der Waals surface area contributed by atoms with E-state index < -0.39 is 33.2 Å². The molecule has 0 heterocycles. The SMILES string of the molecule is CCc1ccc(S(=O)(=O)Nc2ccc(Cl)cc2)cc1NC(=O)c1cc(Cc2ccccc2C(C)C)c(O)c(O)c1O. The van der Waals surface area contributed by atoms with E-state index in [0.717, 1.165) is 11.1 Å². The van der Waals surface area contributed by atoms with Crippen LogP contribution in [0, 0.1) is 0 Å². The van der Waals surface area contributed by atoms with Crippen LogP contribution in [0.4, 0.5) is 11.4 Å². The molecular weight excluding hydrogens is 564 g/mol. The quantitative estimate of drug-likeness (QED) is 0.135. The predicted molar refractivity (Wildman–Crippen MR) is 161 cm³/mol. The van der Waals surface area contributed by atoms with Gasteiger partial charge in [-0.25, -0.2) is 8.42 Å². The van der Waals surface area contributed by atoms with Crippen molar-refractivity contribution >= 4 is 38.9 Å². The largest absolute Gasteiger partial charge is 0.504 e. The summed E-state index contributed by atoms with van der Waals surface area (Å²) in [6.45, 7) is 5.92. The highest BCUT2D eigenvalue weighted by Gasteiger charge is 2.24. The number of sulfonamides is 1. The van der Waals surface area contributed by atoms with E-state index in [1.165, 1.54) is 30.3 Å². The van der Waals surface area contributed by atoms with Gasteiger partial charge < -0.3 is 20.6 Å². The van der Waals surface area contributed by atoms with Crippen LogP contribution in [-0.2, 0) is 22.9 Å². The lowest BCUT2D eigenvalue weighted by molar-refractivity contribution is 0.102. The average Bonchev–Trinajstić information content (AvgIpc) is 2.94. The van der Waals surface area contributed by atoms with Crippen molar-refractivity contribution in [1.29, 1.82) is 0 Å². The van der Waals surface area contributed by atoms with Crippen LogP contribution in [0.25, 0.3) is 0 Å². The minimum absolute atomic E-state index is 0.0938. The summed E-state index contributed by atoms with van der Waals surface area (Å²) in [5, 5.41) is 34.8. The van der Waals surface area contributed by atoms with Crippen molar-refractivity contribution in [3.8, 4) is 17.2 Å². The Labute approximate surface area is 244 Å². The van der Waals surface area contributed by atoms with Gasteiger partial charge in [0.1, 0.15) is 0 Å². The van der Waals surface area contributed by atoms with Gasteiger partial charge in [0.25, 0.3) is 15.9 Å². The summed E-state index contributed by atoms with van der Waals surface area (Å²) in [7, 11) is -4.01. The normalized spacial score (nSPS) is 11.4. The van der Waals surface area contributed by atoms with Crippen LogP contribution in [0.5, 0.6) is 17.2 Å². The number of benzene rings is 4. The fraction of sp³-hybridized carbons (Fsp3) is 0.194. The van der Waals surface area contributed by atoms with Crippen LogP contribution >= 0.6 is 11.6 Å². The van der Waals surface area contributed by atoms with Gasteiger partial charge >= 0.3 is 0 Å². The Kier molecular flexibility index (Phi) is 8.80. The summed E-state index contributed by atoms with van der Waals surface area (Å²) >= 11 is 5.89. The molecule has 4 aromatic rings. The second kappa shape index (κ2) is 12.1. The smallest absolute Gasteiger partial charge is 0.261 e. The van der Waals surface area contributed by atoms with Crippen molar-refractivity contribution in [2.45, 2.75) is 44.4 Å². The maximum absolute atomic E-state index is 13.4. The maximum Gasteiger partial charge on any atom is 0.261 e. The van der Waals surface area contributed by atoms with E-state index in [-0.39, 0.29) is 34.0 Å². The third-order valence-corrected chi connectivity index (χ3v) is 8.38. The topological polar surface area (TPSA) is 136 Å². The van der Waals surface area contributed by atoms with Gasteiger partial charge in [0.2, 0.25) is 5.75 Å². The van der Waals surface area contributed by atoms with Crippen molar-refractivity contribution in [3.63, 3.8) is 0 Å². The average molecular weight is 595 g/mol. The van der Waals surface area contributed by atoms with Gasteiger partial charge in [-0.2, -0.15) is 0 Å². The van der Waals surface area contributed by atoms with Crippen molar-refractivity contribution in [2.24, 2.45) is 0 Å². The van der Waals surface area contributed by atoms with Gasteiger partial charge in [0.05, 0.1) is 10.5 Å². The van der Waals surface area contributed by atoms with Crippen LogP contribution in [-0.4, -0.2) is 29.6 Å². The number of carbonyl (C=O) groups is 1. The highest BCUT2D eigenvalue weighted by molar-refractivity contribution is 7.92. The van der Waals surface area contributed by atoms with Crippen molar-refractivity contribution in [3.05, 3.63) is 106 Å². The van der Waals surface area contributed by atoms with Gasteiger partial charge in [0.15, 0.2) is 11.5 Å². The highest BCUT2D eigenvalue weighted by atomic mass is 35.5. The summed E-state index contributed by atoms with van der Waals surface area (Å²) in [6, 6.07) is 19.5. The van der Waals surface area contributed by atoms with Crippen molar-refractivity contribution in [2.75, 3.05) is 10.0 Å². The Morgan fingerprint density at radius 3 is 2.20 bits per heavy atom. The van der Waals surface area contributed by atoms with Crippen molar-refractivity contribution < 1.29 is 28.5 Å². The zero-order valence-corrected chi connectivity index (χ0v) is 24.3. The number of phenols is 3. The van der Waals surface area contributed by atoms with Crippen molar-refractivity contribution in [1.82, 2.24) is 0 Å². The maximum atomic E-state index is 13.4. The fourth-order valence-corrected chi connectivity index (χ4v) is 5.75. The standard InChI is InChI=1S/C31H31ClN2O6S/c1-4-19-9-14-24(41(39,40)34-23-12-10-22(32)11-13-23)17-27(19)33-31(38)26-16-21(28(35)30(37)29(26)36)15-20-7-5-6-8-25(20)18(2)3/h5-14,16-18,34-37H,4,15H2,1-3H3,(H,33,38). The lowest BCUT2D eigenvalue weighted by Gasteiger charge is -2.17. The molecule has 5 N–H and O–H groups in total. The molecule has 0 unspecified atom stereocenters. The minimum Gasteiger partial charge on any atom is -0.504 e. The number of amides is 1. The molecule has 10 heteroatoms. The molecule has 0 saturated heterocycles. The number of carbonyl (C=O) groups excluding carboxylic acids is 1. The predicted octanol–water partition coefficient (Wildman–Crippen LogP) is 6.79. The Morgan fingerprint density at radius 1 is 0.854 bits per heavy atom. The zero-order valence-electron chi connectivity index (χ0n) is 22.8. The number of aromatic hydroxyl groups is 3. The first kappa shape index (κ1) is 29.8. The molecule has 0 bridgehead atoms. The molecule has 0 atom stereocenters. The van der Waals surface area contributed by atoms with Crippen LogP contribution < -0.4 is 10.0 Å². The van der Waals surface area contributed by atoms with E-state index >= 15 is 0 Å². The summed E-state index contributed by atoms with van der Waals surface area (Å²) in [5.74, 6) is -2.70. The molecule has 0 aromatic heterocycles. The number of aryl methyl sites for hydroxylation is 1. The molecule has 4 aromatic carbocycles. The first-order chi connectivity index (χ1) is 19.4. The number of halogens is 1. The Balaban J connectivity index is 1.67. The Hall–Kier alpha value is -4.21. The number of hydrogen-bond donors (Lipinski definition) is 5. The molecule has 0 aliphatic carbocycles. The molecular formula is C31H31ClN2O6S. The van der Waals surface area contributed by atoms with Gasteiger partial charge in [-0.3, -0.25) is 9.52 Å². The second-order valence-corrected chi connectivity index (χ2v) is 12.0. The highest BCUT2D eigenvalue weighted by Crippen LogP contribution is 2.42. The number of phenolic OH excluding ortho intramolecular Hbond substituents is 3. The van der Waals surface area contributed by atoms with Crippen LogP contribution in [0.2, 0.25) is 5.02 Å². The molecule has 214 valence electrons. The lowest BCUT2D eigenvalue weighted by Crippen LogP contribution is -2.17. The number of anilines is 2. The summed E-state index contributed by atoms with van der Waals surface area (Å²) in [6.07, 6.45) is 0.684. The first-order valence-electron chi connectivity index (χ1n) is 13.0. The second-order valence-electron chi connectivity index (χ2n) is 9.90. The molecule has 0 fully saturated rings. The molecule has 8 nitrogen and oxygen atoms in total. The molecule has 41 heavy (non-hydrogen) atoms. The lowest BCUT2D eigenvalue weighted by atomic mass is 9.92. The zero-order chi connectivity index (χ0) is 29.9. The number of rotatable bonds is 9. The monoisotopic (exact) mass is 594 g/mol. The Bertz CT molecular complexity index is 1700. The molecule has 0 saturated carbocycles. The summed E-state index contributed by atoms with van der Waals surface area (Å²) in [5.41, 5.74) is 3.10. The van der Waals surface area contributed by atoms with Crippen LogP contribution in [0.1, 0.15) is 59.3 Å². The molecule has 4 rings (SSSR count). The van der Waals surface area contributed by atoms with E-state index in [4.69, 9.17) is 11.6 Å². The Morgan fingerprint density at radius 2 is 1.54 bits per heavy atom. The van der Waals surface area contributed by atoms with Gasteiger partial charge in [0, 0.05) is 28.4 Å². The molecule has 0 aliphatic rings. The van der Waals surface area contributed by atoms with Gasteiger partial charge in [-0.15, -0.1) is 0 Å². The van der Waals surface area contributed by atoms with E-state index in [1.807, 2.05) is 45.0 Å². The molecule has 0 radical (unpaired) electrons. The first-order valence-corrected chi connectivity index (χ1v) is 14.8. The van der Waals surface area contributed by atoms with E-state index in [0.29, 0.717) is 22.7 Å². The van der Waals surface area contributed by atoms with Gasteiger partial charge in [-0.1, -0.05) is 62.7 Å². The fourth-order valence-electron chi connectivity index (χ4n) is 4.54. The minimum atomic E-state index is -4.01. The van der Waals surface area contributed by atoms with E-state index in [9.17, 15) is 28.5 Å². The molecule has 0 spiro atoms. The third-order valence-electron chi connectivity index (χ3n) is 6.75. The third kappa shape index (κ3) is 6.58. The molecule has 1 amide bonds.